The Hall–Kier alpha value is -0.660. The third-order valence-corrected chi connectivity index (χ3v) is 10.2. The summed E-state index contributed by atoms with van der Waals surface area (Å²) < 4.78 is 43.1. The highest BCUT2D eigenvalue weighted by Gasteiger charge is 2.67. The van der Waals surface area contributed by atoms with Crippen LogP contribution in [0.4, 0.5) is 0 Å². The molecular formula is C22H36O6S. The third-order valence-electron chi connectivity index (χ3n) is 9.72. The standard InChI is InChI=1S/C22H36O6S/c1-19(2)14-8-11-21(4)15(6-7-16(21)22(5)13-10-18(23)27-22)20(14,3)12-9-17(19)28-29(24,25)26/h14-17H,6-13H2,1-5H3,(H,24,25,26)/t14-,15+,16-,17-,20-,21+,22-/m0/s1. The summed E-state index contributed by atoms with van der Waals surface area (Å²) >= 11 is 0. The topological polar surface area (TPSA) is 89.9 Å². The van der Waals surface area contributed by atoms with Gasteiger partial charge in [-0.2, -0.15) is 8.42 Å². The second kappa shape index (κ2) is 6.42. The van der Waals surface area contributed by atoms with Crippen molar-refractivity contribution >= 4 is 16.4 Å². The van der Waals surface area contributed by atoms with Crippen LogP contribution in [0.3, 0.4) is 0 Å². The van der Waals surface area contributed by atoms with Crippen molar-refractivity contribution in [2.45, 2.75) is 97.7 Å². The molecule has 1 N–H and O–H groups in total. The molecule has 7 atom stereocenters. The van der Waals surface area contributed by atoms with Gasteiger partial charge in [0.15, 0.2) is 0 Å². The molecule has 0 bridgehead atoms. The fraction of sp³-hybridized carbons (Fsp3) is 0.955. The van der Waals surface area contributed by atoms with Crippen LogP contribution < -0.4 is 0 Å². The summed E-state index contributed by atoms with van der Waals surface area (Å²) in [6.07, 6.45) is 6.63. The molecule has 0 aromatic heterocycles. The van der Waals surface area contributed by atoms with Crippen LogP contribution in [0.2, 0.25) is 0 Å². The van der Waals surface area contributed by atoms with Gasteiger partial charge in [0.1, 0.15) is 5.60 Å². The van der Waals surface area contributed by atoms with E-state index < -0.39 is 16.5 Å². The predicted octanol–water partition coefficient (Wildman–Crippen LogP) is 4.54. The van der Waals surface area contributed by atoms with Crippen molar-refractivity contribution < 1.29 is 26.7 Å². The lowest BCUT2D eigenvalue weighted by atomic mass is 9.42. The van der Waals surface area contributed by atoms with E-state index in [9.17, 15) is 17.8 Å². The molecule has 4 aliphatic rings. The molecule has 1 aliphatic heterocycles. The molecule has 4 rings (SSSR count). The van der Waals surface area contributed by atoms with Crippen molar-refractivity contribution in [3.63, 3.8) is 0 Å². The quantitative estimate of drug-likeness (QED) is 0.524. The average Bonchev–Trinajstić information content (AvgIpc) is 3.10. The normalized spacial score (nSPS) is 49.4. The van der Waals surface area contributed by atoms with E-state index in [0.29, 0.717) is 30.6 Å². The van der Waals surface area contributed by atoms with Crippen LogP contribution in [0.25, 0.3) is 0 Å². The Labute approximate surface area is 175 Å². The van der Waals surface area contributed by atoms with E-state index >= 15 is 0 Å². The first-order valence-electron chi connectivity index (χ1n) is 11.1. The van der Waals surface area contributed by atoms with E-state index in [1.165, 1.54) is 0 Å². The second-order valence-electron chi connectivity index (χ2n) is 11.4. The molecular weight excluding hydrogens is 392 g/mol. The van der Waals surface area contributed by atoms with Crippen LogP contribution in [0, 0.1) is 34.0 Å². The molecule has 0 amide bonds. The summed E-state index contributed by atoms with van der Waals surface area (Å²) in [5.74, 6) is 1.15. The van der Waals surface area contributed by atoms with E-state index in [4.69, 9.17) is 8.92 Å². The number of carbonyl (C=O) groups is 1. The van der Waals surface area contributed by atoms with Crippen molar-refractivity contribution in [1.29, 1.82) is 0 Å². The highest BCUT2D eigenvalue weighted by atomic mass is 32.3. The highest BCUT2D eigenvalue weighted by Crippen LogP contribution is 2.71. The van der Waals surface area contributed by atoms with Crippen LogP contribution in [0.1, 0.15) is 86.0 Å². The highest BCUT2D eigenvalue weighted by molar-refractivity contribution is 7.80. The number of hydrogen-bond acceptors (Lipinski definition) is 5. The Balaban J connectivity index is 1.63. The van der Waals surface area contributed by atoms with E-state index in [1.807, 2.05) is 0 Å². The smallest absolute Gasteiger partial charge is 0.397 e. The van der Waals surface area contributed by atoms with Gasteiger partial charge in [-0.25, -0.2) is 4.18 Å². The number of esters is 1. The number of carbonyl (C=O) groups excluding carboxylic acids is 1. The zero-order valence-electron chi connectivity index (χ0n) is 18.4. The molecule has 6 nitrogen and oxygen atoms in total. The van der Waals surface area contributed by atoms with Crippen LogP contribution in [-0.2, 0) is 24.1 Å². The van der Waals surface area contributed by atoms with E-state index in [2.05, 4.69) is 34.6 Å². The zero-order chi connectivity index (χ0) is 21.5. The van der Waals surface area contributed by atoms with E-state index in [-0.39, 0.29) is 27.8 Å². The predicted molar refractivity (Wildman–Crippen MR) is 108 cm³/mol. The molecule has 1 heterocycles. The SMILES string of the molecule is CC1(C)[C@@H](OS(=O)(=O)O)CC[C@]2(C)[C@H]3CC[C@H]([C@]4(C)CCC(=O)O4)[C@]3(C)CC[C@@H]12. The van der Waals surface area contributed by atoms with Crippen LogP contribution >= 0.6 is 0 Å². The Morgan fingerprint density at radius 1 is 0.897 bits per heavy atom. The molecule has 29 heavy (non-hydrogen) atoms. The minimum Gasteiger partial charge on any atom is -0.459 e. The van der Waals surface area contributed by atoms with Gasteiger partial charge in [0.25, 0.3) is 0 Å². The van der Waals surface area contributed by atoms with Gasteiger partial charge < -0.3 is 4.74 Å². The van der Waals surface area contributed by atoms with Crippen LogP contribution in [-0.4, -0.2) is 30.6 Å². The molecule has 0 unspecified atom stereocenters. The molecule has 0 aromatic rings. The molecule has 1 saturated heterocycles. The number of hydrogen-bond donors (Lipinski definition) is 1. The lowest BCUT2D eigenvalue weighted by molar-refractivity contribution is -0.181. The minimum atomic E-state index is -4.46. The van der Waals surface area contributed by atoms with Gasteiger partial charge in [-0.15, -0.1) is 0 Å². The summed E-state index contributed by atoms with van der Waals surface area (Å²) in [5, 5.41) is 0. The Morgan fingerprint density at radius 3 is 2.07 bits per heavy atom. The largest absolute Gasteiger partial charge is 0.459 e. The van der Waals surface area contributed by atoms with Crippen molar-refractivity contribution in [3.8, 4) is 0 Å². The summed E-state index contributed by atoms with van der Waals surface area (Å²) in [7, 11) is -4.46. The molecule has 3 saturated carbocycles. The number of fused-ring (bicyclic) bond motifs is 3. The summed E-state index contributed by atoms with van der Waals surface area (Å²) in [6.45, 7) is 11.1. The van der Waals surface area contributed by atoms with E-state index in [0.717, 1.165) is 38.5 Å². The average molecular weight is 429 g/mol. The second-order valence-corrected chi connectivity index (χ2v) is 12.5. The lowest BCUT2D eigenvalue weighted by Crippen LogP contribution is -2.59. The lowest BCUT2D eigenvalue weighted by Gasteiger charge is -2.63. The van der Waals surface area contributed by atoms with Gasteiger partial charge in [0, 0.05) is 12.3 Å². The fourth-order valence-electron chi connectivity index (χ4n) is 8.58. The van der Waals surface area contributed by atoms with E-state index in [1.54, 1.807) is 0 Å². The molecule has 7 heteroatoms. The Morgan fingerprint density at radius 2 is 1.48 bits per heavy atom. The Bertz CT molecular complexity index is 806. The van der Waals surface area contributed by atoms with Crippen LogP contribution in [0.5, 0.6) is 0 Å². The first-order valence-corrected chi connectivity index (χ1v) is 12.5. The van der Waals surface area contributed by atoms with Gasteiger partial charge in [0.2, 0.25) is 0 Å². The summed E-state index contributed by atoms with van der Waals surface area (Å²) in [5.41, 5.74) is -0.489. The Kier molecular flexibility index (Phi) is 4.78. The number of cyclic esters (lactones) is 1. The summed E-state index contributed by atoms with van der Waals surface area (Å²) in [4.78, 5) is 11.9. The molecule has 3 aliphatic carbocycles. The summed E-state index contributed by atoms with van der Waals surface area (Å²) in [6, 6.07) is 0. The fourth-order valence-corrected chi connectivity index (χ4v) is 9.22. The zero-order valence-corrected chi connectivity index (χ0v) is 19.2. The van der Waals surface area contributed by atoms with Gasteiger partial charge in [-0.05, 0) is 80.0 Å². The first-order chi connectivity index (χ1) is 13.2. The molecule has 166 valence electrons. The van der Waals surface area contributed by atoms with Crippen molar-refractivity contribution in [3.05, 3.63) is 0 Å². The molecule has 0 aromatic carbocycles. The minimum absolute atomic E-state index is 0.0662. The van der Waals surface area contributed by atoms with Crippen molar-refractivity contribution in [1.82, 2.24) is 0 Å². The first kappa shape index (κ1) is 21.6. The maximum Gasteiger partial charge on any atom is 0.397 e. The van der Waals surface area contributed by atoms with Gasteiger partial charge in [-0.3, -0.25) is 9.35 Å². The maximum atomic E-state index is 11.9. The van der Waals surface area contributed by atoms with Crippen LogP contribution in [0.15, 0.2) is 0 Å². The monoisotopic (exact) mass is 428 g/mol. The van der Waals surface area contributed by atoms with Crippen molar-refractivity contribution in [2.75, 3.05) is 0 Å². The number of ether oxygens (including phenoxy) is 1. The molecule has 0 radical (unpaired) electrons. The maximum absolute atomic E-state index is 11.9. The van der Waals surface area contributed by atoms with Gasteiger partial charge >= 0.3 is 16.4 Å². The van der Waals surface area contributed by atoms with Crippen molar-refractivity contribution in [2.24, 2.45) is 34.0 Å². The molecule has 0 spiro atoms. The third kappa shape index (κ3) is 3.18. The van der Waals surface area contributed by atoms with Gasteiger partial charge in [-0.1, -0.05) is 27.7 Å². The molecule has 4 fully saturated rings. The number of rotatable bonds is 3. The van der Waals surface area contributed by atoms with Gasteiger partial charge in [0.05, 0.1) is 6.10 Å².